The first-order chi connectivity index (χ1) is 14.5. The van der Waals surface area contributed by atoms with Crippen LogP contribution in [-0.4, -0.2) is 35.4 Å². The van der Waals surface area contributed by atoms with E-state index in [1.54, 1.807) is 6.07 Å². The highest BCUT2D eigenvalue weighted by molar-refractivity contribution is 6.31. The van der Waals surface area contributed by atoms with Gasteiger partial charge < -0.3 is 9.80 Å². The molecule has 1 amide bonds. The molecule has 2 aromatic carbocycles. The number of likely N-dealkylation sites (tertiary alicyclic amines) is 1. The Morgan fingerprint density at radius 3 is 2.47 bits per heavy atom. The van der Waals surface area contributed by atoms with Gasteiger partial charge in [-0.05, 0) is 49.4 Å². The summed E-state index contributed by atoms with van der Waals surface area (Å²) in [5.41, 5.74) is 1.58. The van der Waals surface area contributed by atoms with Crippen molar-refractivity contribution < 1.29 is 9.72 Å². The van der Waals surface area contributed by atoms with Gasteiger partial charge in [0.1, 0.15) is 5.69 Å². The molecule has 1 atom stereocenters. The van der Waals surface area contributed by atoms with Crippen molar-refractivity contribution in [3.8, 4) is 0 Å². The van der Waals surface area contributed by atoms with E-state index >= 15 is 0 Å². The molecule has 0 aromatic heterocycles. The zero-order valence-electron chi connectivity index (χ0n) is 16.5. The minimum Gasteiger partial charge on any atom is -0.366 e. The number of carbonyl (C=O) groups excluding carboxylic acids is 1. The van der Waals surface area contributed by atoms with Gasteiger partial charge in [-0.25, -0.2) is 0 Å². The van der Waals surface area contributed by atoms with Crippen LogP contribution in [0.2, 0.25) is 10.0 Å². The van der Waals surface area contributed by atoms with Crippen molar-refractivity contribution in [1.29, 1.82) is 0 Å². The summed E-state index contributed by atoms with van der Waals surface area (Å²) in [6.45, 7) is 1.92. The van der Waals surface area contributed by atoms with Gasteiger partial charge >= 0.3 is 0 Å². The fourth-order valence-electron chi connectivity index (χ4n) is 4.61. The predicted molar refractivity (Wildman–Crippen MR) is 118 cm³/mol. The molecule has 0 N–H and O–H groups in total. The van der Waals surface area contributed by atoms with Crippen LogP contribution in [0.1, 0.15) is 37.3 Å². The lowest BCUT2D eigenvalue weighted by Gasteiger charge is -2.36. The van der Waals surface area contributed by atoms with E-state index in [0.29, 0.717) is 41.7 Å². The summed E-state index contributed by atoms with van der Waals surface area (Å²) < 4.78 is 0. The summed E-state index contributed by atoms with van der Waals surface area (Å²) in [7, 11) is 0. The predicted octanol–water partition coefficient (Wildman–Crippen LogP) is 5.48. The lowest BCUT2D eigenvalue weighted by molar-refractivity contribution is -0.384. The first-order valence-corrected chi connectivity index (χ1v) is 10.9. The first kappa shape index (κ1) is 20.9. The van der Waals surface area contributed by atoms with Gasteiger partial charge in [0, 0.05) is 41.7 Å². The molecule has 2 heterocycles. The zero-order valence-corrected chi connectivity index (χ0v) is 18.0. The van der Waals surface area contributed by atoms with Gasteiger partial charge in [0.05, 0.1) is 11.0 Å². The first-order valence-electron chi connectivity index (χ1n) is 10.2. The number of nitrogens with zero attached hydrogens (tertiary/aromatic N) is 3. The third-order valence-corrected chi connectivity index (χ3v) is 6.70. The van der Waals surface area contributed by atoms with Crippen LogP contribution < -0.4 is 4.90 Å². The number of benzene rings is 2. The fourth-order valence-corrected chi connectivity index (χ4v) is 5.03. The molecular weight excluding hydrogens is 425 g/mol. The second-order valence-corrected chi connectivity index (χ2v) is 8.71. The highest BCUT2D eigenvalue weighted by atomic mass is 35.5. The lowest BCUT2D eigenvalue weighted by Crippen LogP contribution is -2.42. The van der Waals surface area contributed by atoms with Crippen LogP contribution in [0.25, 0.3) is 0 Å². The molecule has 8 heteroatoms. The number of hydrogen-bond acceptors (Lipinski definition) is 4. The number of piperidine rings is 1. The molecule has 0 bridgehead atoms. The quantitative estimate of drug-likeness (QED) is 0.459. The number of halogens is 2. The molecule has 0 aliphatic carbocycles. The van der Waals surface area contributed by atoms with E-state index in [9.17, 15) is 14.9 Å². The Hall–Kier alpha value is -2.31. The third kappa shape index (κ3) is 4.12. The number of anilines is 1. The largest absolute Gasteiger partial charge is 0.366 e. The normalized spacial score (nSPS) is 19.9. The maximum atomic E-state index is 13.3. The molecule has 0 spiro atoms. The fraction of sp³-hybridized carbons (Fsp3) is 0.409. The molecule has 2 aromatic rings. The van der Waals surface area contributed by atoms with Gasteiger partial charge in [-0.15, -0.1) is 0 Å². The standard InChI is InChI=1S/C22H23Cl2N3O3/c23-16-7-8-20(27(29)30)21(14-16)25-12-9-15(10-13-25)22(28)26-11-3-6-19(26)17-4-1-2-5-18(17)24/h1-2,4-5,7-8,14-15,19H,3,6,9-13H2/t19-/m1/s1. The Balaban J connectivity index is 1.46. The van der Waals surface area contributed by atoms with Crippen molar-refractivity contribution in [1.82, 2.24) is 4.90 Å². The molecule has 0 radical (unpaired) electrons. The van der Waals surface area contributed by atoms with E-state index in [0.717, 1.165) is 24.9 Å². The second kappa shape index (κ2) is 8.82. The van der Waals surface area contributed by atoms with E-state index < -0.39 is 0 Å². The number of amides is 1. The molecule has 0 unspecified atom stereocenters. The Morgan fingerprint density at radius 2 is 1.77 bits per heavy atom. The van der Waals surface area contributed by atoms with Crippen LogP contribution in [0.5, 0.6) is 0 Å². The van der Waals surface area contributed by atoms with Crippen LogP contribution in [-0.2, 0) is 4.79 Å². The summed E-state index contributed by atoms with van der Waals surface area (Å²) in [6, 6.07) is 12.4. The van der Waals surface area contributed by atoms with Crippen molar-refractivity contribution in [3.05, 3.63) is 68.2 Å². The molecule has 2 fully saturated rings. The molecule has 4 rings (SSSR count). The monoisotopic (exact) mass is 447 g/mol. The summed E-state index contributed by atoms with van der Waals surface area (Å²) in [4.78, 5) is 28.2. The second-order valence-electron chi connectivity index (χ2n) is 7.86. The molecule has 2 saturated heterocycles. The molecule has 2 aliphatic heterocycles. The summed E-state index contributed by atoms with van der Waals surface area (Å²) in [6.07, 6.45) is 3.21. The van der Waals surface area contributed by atoms with Crippen molar-refractivity contribution in [3.63, 3.8) is 0 Å². The van der Waals surface area contributed by atoms with Crippen molar-refractivity contribution in [2.75, 3.05) is 24.5 Å². The van der Waals surface area contributed by atoms with Crippen molar-refractivity contribution in [2.24, 2.45) is 5.92 Å². The highest BCUT2D eigenvalue weighted by Crippen LogP contribution is 2.39. The summed E-state index contributed by atoms with van der Waals surface area (Å²) >= 11 is 12.5. The van der Waals surface area contributed by atoms with Crippen LogP contribution in [0.3, 0.4) is 0 Å². The van der Waals surface area contributed by atoms with Crippen LogP contribution in [0.15, 0.2) is 42.5 Å². The van der Waals surface area contributed by atoms with E-state index in [1.165, 1.54) is 12.1 Å². The topological polar surface area (TPSA) is 66.7 Å². The zero-order chi connectivity index (χ0) is 21.3. The molecule has 0 saturated carbocycles. The molecule has 30 heavy (non-hydrogen) atoms. The van der Waals surface area contributed by atoms with E-state index in [4.69, 9.17) is 23.2 Å². The lowest BCUT2D eigenvalue weighted by atomic mass is 9.93. The van der Waals surface area contributed by atoms with Gasteiger partial charge in [0.15, 0.2) is 0 Å². The number of nitro benzene ring substituents is 1. The van der Waals surface area contributed by atoms with E-state index in [1.807, 2.05) is 34.1 Å². The van der Waals surface area contributed by atoms with Gasteiger partial charge in [-0.1, -0.05) is 41.4 Å². The van der Waals surface area contributed by atoms with Crippen molar-refractivity contribution in [2.45, 2.75) is 31.7 Å². The minimum atomic E-state index is -0.388. The maximum absolute atomic E-state index is 13.3. The van der Waals surface area contributed by atoms with E-state index in [2.05, 4.69) is 0 Å². The average molecular weight is 448 g/mol. The third-order valence-electron chi connectivity index (χ3n) is 6.12. The van der Waals surface area contributed by atoms with Crippen LogP contribution in [0.4, 0.5) is 11.4 Å². The smallest absolute Gasteiger partial charge is 0.292 e. The minimum absolute atomic E-state index is 0.0262. The average Bonchev–Trinajstić information content (AvgIpc) is 3.23. The number of nitro groups is 1. The Bertz CT molecular complexity index is 960. The van der Waals surface area contributed by atoms with Crippen LogP contribution >= 0.6 is 23.2 Å². The summed E-state index contributed by atoms with van der Waals surface area (Å²) in [5, 5.41) is 12.6. The Morgan fingerprint density at radius 1 is 1.03 bits per heavy atom. The number of carbonyl (C=O) groups is 1. The van der Waals surface area contributed by atoms with Gasteiger partial charge in [0.25, 0.3) is 5.69 Å². The van der Waals surface area contributed by atoms with Gasteiger partial charge in [-0.2, -0.15) is 0 Å². The van der Waals surface area contributed by atoms with Crippen molar-refractivity contribution >= 4 is 40.5 Å². The van der Waals surface area contributed by atoms with Crippen LogP contribution in [0, 0.1) is 16.0 Å². The SMILES string of the molecule is O=C(C1CCN(c2cc(Cl)ccc2[N+](=O)[O-])CC1)N1CCC[C@@H]1c1ccccc1Cl. The van der Waals surface area contributed by atoms with Gasteiger partial charge in [0.2, 0.25) is 5.91 Å². The Labute approximate surface area is 185 Å². The number of rotatable bonds is 4. The highest BCUT2D eigenvalue weighted by Gasteiger charge is 2.36. The molecule has 6 nitrogen and oxygen atoms in total. The molecule has 158 valence electrons. The molecule has 2 aliphatic rings. The van der Waals surface area contributed by atoms with Gasteiger partial charge in [-0.3, -0.25) is 14.9 Å². The molecular formula is C22H23Cl2N3O3. The summed E-state index contributed by atoms with van der Waals surface area (Å²) in [5.74, 6) is 0.0836. The maximum Gasteiger partial charge on any atom is 0.292 e. The Kier molecular flexibility index (Phi) is 6.16. The van der Waals surface area contributed by atoms with E-state index in [-0.39, 0.29) is 28.5 Å². The number of hydrogen-bond donors (Lipinski definition) is 0.